The first kappa shape index (κ1) is 7.25. The number of nitrogens with two attached hydrogens (primary N) is 1. The molecule has 0 saturated carbocycles. The van der Waals surface area contributed by atoms with Gasteiger partial charge >= 0.3 is 0 Å². The molecule has 0 rings (SSSR count). The van der Waals surface area contributed by atoms with E-state index in [-0.39, 0.29) is 6.04 Å². The molecule has 3 nitrogen and oxygen atoms in total. The van der Waals surface area contributed by atoms with Gasteiger partial charge in [0.05, 0.1) is 6.04 Å². The SMILES string of the molecule is CCC(C)N(N)C#N. The molecule has 0 aliphatic heterocycles. The Morgan fingerprint density at radius 2 is 2.38 bits per heavy atom. The predicted molar refractivity (Wildman–Crippen MR) is 31.4 cm³/mol. The Bertz CT molecular complexity index is 94.3. The highest BCUT2D eigenvalue weighted by atomic mass is 15.4. The zero-order valence-electron chi connectivity index (χ0n) is 5.26. The van der Waals surface area contributed by atoms with Gasteiger partial charge in [-0.25, -0.2) is 10.9 Å². The Hall–Kier alpha value is -0.750. The summed E-state index contributed by atoms with van der Waals surface area (Å²) in [6, 6.07) is 0.167. The van der Waals surface area contributed by atoms with E-state index in [1.54, 1.807) is 0 Å². The average Bonchev–Trinajstić information content (AvgIpc) is 1.84. The first-order valence-electron chi connectivity index (χ1n) is 2.66. The fourth-order valence-electron chi connectivity index (χ4n) is 0.295. The maximum atomic E-state index is 8.19. The minimum Gasteiger partial charge on any atom is -0.245 e. The van der Waals surface area contributed by atoms with Crippen LogP contribution in [0.25, 0.3) is 0 Å². The van der Waals surface area contributed by atoms with Crippen LogP contribution in [0.15, 0.2) is 0 Å². The molecule has 0 heterocycles. The normalized spacial score (nSPS) is 12.2. The summed E-state index contributed by atoms with van der Waals surface area (Å²) in [5.41, 5.74) is 0. The number of hydrogen-bond donors (Lipinski definition) is 1. The van der Waals surface area contributed by atoms with Gasteiger partial charge in [-0.2, -0.15) is 5.26 Å². The maximum absolute atomic E-state index is 8.19. The molecule has 2 N–H and O–H groups in total. The van der Waals surface area contributed by atoms with Crippen molar-refractivity contribution in [1.29, 1.82) is 5.26 Å². The molecule has 1 unspecified atom stereocenters. The van der Waals surface area contributed by atoms with E-state index in [1.165, 1.54) is 0 Å². The van der Waals surface area contributed by atoms with E-state index in [0.717, 1.165) is 11.4 Å². The minimum absolute atomic E-state index is 0.167. The molecule has 3 heteroatoms. The molecule has 0 bridgehead atoms. The highest BCUT2D eigenvalue weighted by Crippen LogP contribution is 1.93. The van der Waals surface area contributed by atoms with E-state index in [4.69, 9.17) is 11.1 Å². The van der Waals surface area contributed by atoms with Crippen molar-refractivity contribution in [2.45, 2.75) is 26.3 Å². The summed E-state index contributed by atoms with van der Waals surface area (Å²) in [7, 11) is 0. The Morgan fingerprint density at radius 3 is 2.50 bits per heavy atom. The third-order valence-corrected chi connectivity index (χ3v) is 1.18. The summed E-state index contributed by atoms with van der Waals surface area (Å²) in [6.45, 7) is 3.89. The van der Waals surface area contributed by atoms with Crippen molar-refractivity contribution in [2.24, 2.45) is 5.84 Å². The van der Waals surface area contributed by atoms with Gasteiger partial charge in [-0.3, -0.25) is 0 Å². The van der Waals surface area contributed by atoms with Gasteiger partial charge in [-0.05, 0) is 13.3 Å². The van der Waals surface area contributed by atoms with Gasteiger partial charge in [-0.15, -0.1) is 0 Å². The quantitative estimate of drug-likeness (QED) is 0.245. The summed E-state index contributed by atoms with van der Waals surface area (Å²) in [5.74, 6) is 5.20. The number of nitrogens with zero attached hydrogens (tertiary/aromatic N) is 2. The van der Waals surface area contributed by atoms with Crippen molar-refractivity contribution in [2.75, 3.05) is 0 Å². The molecule has 0 aliphatic carbocycles. The minimum atomic E-state index is 0.167. The van der Waals surface area contributed by atoms with Crippen molar-refractivity contribution in [3.05, 3.63) is 0 Å². The Balaban J connectivity index is 3.49. The second kappa shape index (κ2) is 3.28. The van der Waals surface area contributed by atoms with Crippen molar-refractivity contribution in [1.82, 2.24) is 5.01 Å². The fraction of sp³-hybridized carbons (Fsp3) is 0.800. The topological polar surface area (TPSA) is 53.0 Å². The van der Waals surface area contributed by atoms with Crippen LogP contribution in [0, 0.1) is 11.5 Å². The summed E-state index contributed by atoms with van der Waals surface area (Å²) < 4.78 is 0. The predicted octanol–water partition coefficient (Wildman–Crippen LogP) is 0.442. The average molecular weight is 113 g/mol. The zero-order valence-corrected chi connectivity index (χ0v) is 5.26. The molecule has 0 aliphatic rings. The largest absolute Gasteiger partial charge is 0.245 e. The molecule has 0 spiro atoms. The molecule has 0 amide bonds. The van der Waals surface area contributed by atoms with E-state index in [1.807, 2.05) is 20.0 Å². The third-order valence-electron chi connectivity index (χ3n) is 1.18. The van der Waals surface area contributed by atoms with Crippen LogP contribution in [-0.2, 0) is 0 Å². The monoisotopic (exact) mass is 113 g/mol. The molecule has 46 valence electrons. The lowest BCUT2D eigenvalue weighted by Crippen LogP contribution is -2.33. The second-order valence-electron chi connectivity index (χ2n) is 1.76. The van der Waals surface area contributed by atoms with Crippen LogP contribution in [0.5, 0.6) is 0 Å². The first-order chi connectivity index (χ1) is 3.72. The van der Waals surface area contributed by atoms with Crippen LogP contribution in [-0.4, -0.2) is 11.1 Å². The van der Waals surface area contributed by atoms with E-state index in [0.29, 0.717) is 0 Å². The summed E-state index contributed by atoms with van der Waals surface area (Å²) >= 11 is 0. The van der Waals surface area contributed by atoms with E-state index in [2.05, 4.69) is 0 Å². The van der Waals surface area contributed by atoms with Gasteiger partial charge in [0.1, 0.15) is 0 Å². The highest BCUT2D eigenvalue weighted by Gasteiger charge is 2.01. The van der Waals surface area contributed by atoms with Gasteiger partial charge in [0.25, 0.3) is 0 Å². The van der Waals surface area contributed by atoms with Crippen LogP contribution in [0.3, 0.4) is 0 Å². The molecule has 0 saturated heterocycles. The molecule has 1 atom stereocenters. The summed E-state index contributed by atoms with van der Waals surface area (Å²) in [5, 5.41) is 9.34. The fourth-order valence-corrected chi connectivity index (χ4v) is 0.295. The number of nitriles is 1. The molecular formula is C5H11N3. The van der Waals surface area contributed by atoms with E-state index in [9.17, 15) is 0 Å². The summed E-state index contributed by atoms with van der Waals surface area (Å²) in [4.78, 5) is 0. The van der Waals surface area contributed by atoms with Gasteiger partial charge in [0.15, 0.2) is 6.19 Å². The van der Waals surface area contributed by atoms with Crippen LogP contribution < -0.4 is 5.84 Å². The van der Waals surface area contributed by atoms with Crippen LogP contribution in [0.4, 0.5) is 0 Å². The van der Waals surface area contributed by atoms with Crippen molar-refractivity contribution in [3.8, 4) is 6.19 Å². The Labute approximate surface area is 49.7 Å². The van der Waals surface area contributed by atoms with E-state index >= 15 is 0 Å². The van der Waals surface area contributed by atoms with Gasteiger partial charge in [0, 0.05) is 0 Å². The molecule has 8 heavy (non-hydrogen) atoms. The van der Waals surface area contributed by atoms with Crippen LogP contribution >= 0.6 is 0 Å². The molecule has 0 radical (unpaired) electrons. The van der Waals surface area contributed by atoms with Crippen LogP contribution in [0.1, 0.15) is 20.3 Å². The number of hydrogen-bond acceptors (Lipinski definition) is 3. The van der Waals surface area contributed by atoms with Gasteiger partial charge < -0.3 is 0 Å². The lowest BCUT2D eigenvalue weighted by atomic mass is 10.3. The number of hydrazine groups is 1. The molecular weight excluding hydrogens is 102 g/mol. The highest BCUT2D eigenvalue weighted by molar-refractivity contribution is 4.71. The zero-order chi connectivity index (χ0) is 6.57. The van der Waals surface area contributed by atoms with Crippen molar-refractivity contribution in [3.63, 3.8) is 0 Å². The van der Waals surface area contributed by atoms with E-state index < -0.39 is 0 Å². The van der Waals surface area contributed by atoms with Crippen molar-refractivity contribution >= 4 is 0 Å². The smallest absolute Gasteiger partial charge is 0.195 e. The lowest BCUT2D eigenvalue weighted by molar-refractivity contribution is 0.310. The van der Waals surface area contributed by atoms with Gasteiger partial charge in [-0.1, -0.05) is 6.92 Å². The first-order valence-corrected chi connectivity index (χ1v) is 2.66. The lowest BCUT2D eigenvalue weighted by Gasteiger charge is -2.14. The number of rotatable bonds is 2. The third kappa shape index (κ3) is 1.80. The Morgan fingerprint density at radius 1 is 1.88 bits per heavy atom. The Kier molecular flexibility index (Phi) is 2.97. The maximum Gasteiger partial charge on any atom is 0.195 e. The molecule has 0 aromatic carbocycles. The molecule has 0 fully saturated rings. The van der Waals surface area contributed by atoms with Gasteiger partial charge in [0.2, 0.25) is 0 Å². The van der Waals surface area contributed by atoms with Crippen LogP contribution in [0.2, 0.25) is 0 Å². The second-order valence-corrected chi connectivity index (χ2v) is 1.76. The molecule has 0 aromatic rings. The van der Waals surface area contributed by atoms with Crippen molar-refractivity contribution < 1.29 is 0 Å². The summed E-state index contributed by atoms with van der Waals surface area (Å²) in [6.07, 6.45) is 2.73. The standard InChI is InChI=1S/C5H11N3/c1-3-5(2)8(7)4-6/h5H,3,7H2,1-2H3. The molecule has 0 aromatic heterocycles.